The number of hydrogen-bond donors (Lipinski definition) is 2. The number of hydrogen-bond acceptors (Lipinski definition) is 6. The molecular weight excluding hydrogens is 362 g/mol. The molecule has 1 amide bonds. The Kier molecular flexibility index (Phi) is 4.36. The number of nitrogens with two attached hydrogens (primary N) is 1. The van der Waals surface area contributed by atoms with Crippen LogP contribution < -0.4 is 11.1 Å². The molecular formula is C18H19N7OS. The number of thiophene rings is 1. The number of nitrogen functional groups attached to an aromatic ring is 1. The van der Waals surface area contributed by atoms with E-state index in [0.717, 1.165) is 23.4 Å². The minimum atomic E-state index is -0.162. The smallest absolute Gasteiger partial charge is 0.261 e. The van der Waals surface area contributed by atoms with E-state index < -0.39 is 0 Å². The Hall–Kier alpha value is -3.20. The Morgan fingerprint density at radius 1 is 1.30 bits per heavy atom. The van der Waals surface area contributed by atoms with Crippen LogP contribution in [0.3, 0.4) is 0 Å². The fourth-order valence-corrected chi connectivity index (χ4v) is 3.62. The van der Waals surface area contributed by atoms with Crippen molar-refractivity contribution in [1.82, 2.24) is 29.7 Å². The van der Waals surface area contributed by atoms with E-state index in [0.29, 0.717) is 10.5 Å². The highest BCUT2D eigenvalue weighted by Gasteiger charge is 2.16. The van der Waals surface area contributed by atoms with Gasteiger partial charge in [-0.15, -0.1) is 16.4 Å². The molecule has 9 heteroatoms. The number of fused-ring (bicyclic) bond motifs is 1. The molecule has 0 fully saturated rings. The lowest BCUT2D eigenvalue weighted by atomic mass is 10.1. The van der Waals surface area contributed by atoms with Crippen molar-refractivity contribution in [2.45, 2.75) is 26.4 Å². The van der Waals surface area contributed by atoms with E-state index in [1.165, 1.54) is 11.3 Å². The van der Waals surface area contributed by atoms with E-state index in [4.69, 9.17) is 5.73 Å². The normalized spacial score (nSPS) is 12.4. The first kappa shape index (κ1) is 17.2. The van der Waals surface area contributed by atoms with Gasteiger partial charge >= 0.3 is 0 Å². The van der Waals surface area contributed by atoms with Crippen molar-refractivity contribution in [2.24, 2.45) is 0 Å². The molecule has 138 valence electrons. The van der Waals surface area contributed by atoms with Gasteiger partial charge in [0.25, 0.3) is 5.91 Å². The molecule has 4 rings (SSSR count). The summed E-state index contributed by atoms with van der Waals surface area (Å²) in [6.07, 6.45) is 3.76. The van der Waals surface area contributed by atoms with Crippen LogP contribution in [-0.2, 0) is 6.54 Å². The molecule has 0 saturated heterocycles. The van der Waals surface area contributed by atoms with Crippen molar-refractivity contribution in [3.8, 4) is 11.1 Å². The van der Waals surface area contributed by atoms with Gasteiger partial charge in [-0.1, -0.05) is 0 Å². The Balaban J connectivity index is 1.51. The molecule has 4 aromatic rings. The van der Waals surface area contributed by atoms with Gasteiger partial charge in [0.05, 0.1) is 16.6 Å². The van der Waals surface area contributed by atoms with Crippen molar-refractivity contribution in [3.63, 3.8) is 0 Å². The van der Waals surface area contributed by atoms with E-state index in [1.807, 2.05) is 60.6 Å². The summed E-state index contributed by atoms with van der Waals surface area (Å²) in [5.41, 5.74) is 9.05. The maximum atomic E-state index is 12.6. The van der Waals surface area contributed by atoms with Gasteiger partial charge in [-0.3, -0.25) is 9.48 Å². The third-order valence-corrected chi connectivity index (χ3v) is 5.21. The van der Waals surface area contributed by atoms with Crippen molar-refractivity contribution in [3.05, 3.63) is 52.6 Å². The van der Waals surface area contributed by atoms with Gasteiger partial charge in [0, 0.05) is 24.5 Å². The van der Waals surface area contributed by atoms with Crippen molar-refractivity contribution in [2.75, 3.05) is 5.73 Å². The lowest BCUT2D eigenvalue weighted by molar-refractivity contribution is 0.0943. The van der Waals surface area contributed by atoms with E-state index in [2.05, 4.69) is 20.5 Å². The van der Waals surface area contributed by atoms with Crippen molar-refractivity contribution in [1.29, 1.82) is 0 Å². The summed E-state index contributed by atoms with van der Waals surface area (Å²) in [4.78, 5) is 17.3. The quantitative estimate of drug-likeness (QED) is 0.553. The number of aryl methyl sites for hydroxylation is 1. The first-order valence-corrected chi connectivity index (χ1v) is 9.46. The monoisotopic (exact) mass is 381 g/mol. The van der Waals surface area contributed by atoms with Gasteiger partial charge in [-0.25, -0.2) is 4.52 Å². The van der Waals surface area contributed by atoms with Crippen LogP contribution in [0.25, 0.3) is 16.8 Å². The average Bonchev–Trinajstić information content (AvgIpc) is 3.38. The second-order valence-electron chi connectivity index (χ2n) is 6.18. The molecule has 0 aliphatic carbocycles. The van der Waals surface area contributed by atoms with Gasteiger partial charge in [-0.2, -0.15) is 10.1 Å². The number of pyridine rings is 1. The fourth-order valence-electron chi connectivity index (χ4n) is 2.80. The molecule has 8 nitrogen and oxygen atoms in total. The molecule has 1 atom stereocenters. The average molecular weight is 381 g/mol. The van der Waals surface area contributed by atoms with Crippen LogP contribution >= 0.6 is 11.3 Å². The molecule has 0 radical (unpaired) electrons. The molecule has 4 heterocycles. The number of amides is 1. The van der Waals surface area contributed by atoms with Gasteiger partial charge in [0.1, 0.15) is 0 Å². The minimum Gasteiger partial charge on any atom is -0.366 e. The number of carbonyl (C=O) groups excluding carboxylic acids is 1. The van der Waals surface area contributed by atoms with Gasteiger partial charge in [0.15, 0.2) is 5.65 Å². The van der Waals surface area contributed by atoms with Crippen molar-refractivity contribution >= 4 is 28.8 Å². The minimum absolute atomic E-state index is 0.115. The predicted molar refractivity (Wildman–Crippen MR) is 104 cm³/mol. The molecule has 0 saturated carbocycles. The first-order valence-electron chi connectivity index (χ1n) is 8.58. The van der Waals surface area contributed by atoms with Crippen LogP contribution in [0.4, 0.5) is 5.95 Å². The maximum absolute atomic E-state index is 12.6. The Labute approximate surface area is 159 Å². The zero-order valence-corrected chi connectivity index (χ0v) is 15.8. The highest BCUT2D eigenvalue weighted by molar-refractivity contribution is 7.12. The standard InChI is InChI=1S/C18H19N7OS/c1-3-24-7-6-14(22-24)11(2)20-17(26)15-8-13(10-27-15)12-4-5-16-21-18(19)23-25(16)9-12/h4-11H,3H2,1-2H3,(H2,19,23)(H,20,26). The first-order chi connectivity index (χ1) is 13.0. The summed E-state index contributed by atoms with van der Waals surface area (Å²) in [6, 6.07) is 7.42. The molecule has 3 N–H and O–H groups in total. The number of rotatable bonds is 5. The topological polar surface area (TPSA) is 103 Å². The van der Waals surface area contributed by atoms with Gasteiger partial charge < -0.3 is 11.1 Å². The Bertz CT molecular complexity index is 1110. The van der Waals surface area contributed by atoms with Crippen LogP contribution in [-0.4, -0.2) is 30.3 Å². The lowest BCUT2D eigenvalue weighted by Crippen LogP contribution is -2.26. The molecule has 4 aromatic heterocycles. The van der Waals surface area contributed by atoms with Gasteiger partial charge in [-0.05, 0) is 49.1 Å². The SMILES string of the molecule is CCn1ccc(C(C)NC(=O)c2cc(-c3ccc4nc(N)nn4c3)cs2)n1. The number of nitrogens with zero attached hydrogens (tertiary/aromatic N) is 5. The summed E-state index contributed by atoms with van der Waals surface area (Å²) < 4.78 is 3.47. The Morgan fingerprint density at radius 3 is 2.93 bits per heavy atom. The third kappa shape index (κ3) is 3.41. The number of carbonyl (C=O) groups is 1. The zero-order valence-electron chi connectivity index (χ0n) is 15.0. The number of nitrogens with one attached hydrogen (secondary N) is 1. The Morgan fingerprint density at radius 2 is 2.15 bits per heavy atom. The van der Waals surface area contributed by atoms with Crippen LogP contribution in [0, 0.1) is 0 Å². The highest BCUT2D eigenvalue weighted by atomic mass is 32.1. The fraction of sp³-hybridized carbons (Fsp3) is 0.222. The second kappa shape index (κ2) is 6.84. The summed E-state index contributed by atoms with van der Waals surface area (Å²) in [7, 11) is 0. The third-order valence-electron chi connectivity index (χ3n) is 4.28. The summed E-state index contributed by atoms with van der Waals surface area (Å²) in [5.74, 6) is 0.118. The summed E-state index contributed by atoms with van der Waals surface area (Å²) in [6.45, 7) is 4.76. The zero-order chi connectivity index (χ0) is 19.0. The number of aromatic nitrogens is 5. The van der Waals surface area contributed by atoms with Crippen LogP contribution in [0.1, 0.15) is 35.3 Å². The number of anilines is 1. The van der Waals surface area contributed by atoms with Crippen LogP contribution in [0.2, 0.25) is 0 Å². The molecule has 27 heavy (non-hydrogen) atoms. The lowest BCUT2D eigenvalue weighted by Gasteiger charge is -2.10. The second-order valence-corrected chi connectivity index (χ2v) is 7.09. The maximum Gasteiger partial charge on any atom is 0.261 e. The van der Waals surface area contributed by atoms with Crippen molar-refractivity contribution < 1.29 is 4.79 Å². The largest absolute Gasteiger partial charge is 0.366 e. The molecule has 0 aliphatic rings. The van der Waals surface area contributed by atoms with E-state index in [-0.39, 0.29) is 17.9 Å². The highest BCUT2D eigenvalue weighted by Crippen LogP contribution is 2.26. The van der Waals surface area contributed by atoms with E-state index in [9.17, 15) is 4.79 Å². The predicted octanol–water partition coefficient (Wildman–Crippen LogP) is 2.75. The van der Waals surface area contributed by atoms with Gasteiger partial charge in [0.2, 0.25) is 5.95 Å². The summed E-state index contributed by atoms with van der Waals surface area (Å²) >= 11 is 1.40. The molecule has 0 bridgehead atoms. The molecule has 0 aliphatic heterocycles. The van der Waals surface area contributed by atoms with Crippen LogP contribution in [0.5, 0.6) is 0 Å². The van der Waals surface area contributed by atoms with Crippen LogP contribution in [0.15, 0.2) is 42.0 Å². The van der Waals surface area contributed by atoms with E-state index in [1.54, 1.807) is 4.52 Å². The van der Waals surface area contributed by atoms with E-state index >= 15 is 0 Å². The molecule has 1 unspecified atom stereocenters. The molecule has 0 aromatic carbocycles. The summed E-state index contributed by atoms with van der Waals surface area (Å²) in [5, 5.41) is 13.5. The molecule has 0 spiro atoms.